The van der Waals surface area contributed by atoms with Crippen LogP contribution in [0.3, 0.4) is 0 Å². The summed E-state index contributed by atoms with van der Waals surface area (Å²) in [5.74, 6) is 0. The average Bonchev–Trinajstić information content (AvgIpc) is 2.51. The number of hydrogen-bond acceptors (Lipinski definition) is 3. The third-order valence-corrected chi connectivity index (χ3v) is 5.66. The summed E-state index contributed by atoms with van der Waals surface area (Å²) in [6.07, 6.45) is -2.84. The Balaban J connectivity index is 2.04. The van der Waals surface area contributed by atoms with E-state index in [4.69, 9.17) is 0 Å². The monoisotopic (exact) mass is 321 g/mol. The molecule has 0 bridgehead atoms. The first-order valence-corrected chi connectivity index (χ1v) is 8.35. The highest BCUT2D eigenvalue weighted by molar-refractivity contribution is 7.89. The van der Waals surface area contributed by atoms with E-state index < -0.39 is 22.4 Å². The van der Waals surface area contributed by atoms with E-state index in [-0.39, 0.29) is 17.0 Å². The molecule has 0 radical (unpaired) electrons. The van der Waals surface area contributed by atoms with Crippen LogP contribution in [0.15, 0.2) is 53.4 Å². The normalized spacial score (nSPS) is 22.3. The van der Waals surface area contributed by atoms with Crippen molar-refractivity contribution in [1.29, 1.82) is 0 Å². The fourth-order valence-electron chi connectivity index (χ4n) is 2.61. The summed E-state index contributed by atoms with van der Waals surface area (Å²) in [5, 5.41) is 10.1. The van der Waals surface area contributed by atoms with Crippen molar-refractivity contribution in [2.24, 2.45) is 0 Å². The predicted molar refractivity (Wildman–Crippen MR) is 80.3 cm³/mol. The Hall–Kier alpha value is -1.76. The van der Waals surface area contributed by atoms with E-state index in [0.29, 0.717) is 9.87 Å². The smallest absolute Gasteiger partial charge is 0.245 e. The number of nitrogens with zero attached hydrogens (tertiary/aromatic N) is 1. The first kappa shape index (κ1) is 15.1. The van der Waals surface area contributed by atoms with E-state index in [9.17, 15) is 17.9 Å². The molecule has 1 aliphatic heterocycles. The SMILES string of the molecule is Cc1ccc(S(=O)(=O)N2CC(O)c3ccccc3C2F)cc1. The van der Waals surface area contributed by atoms with Gasteiger partial charge in [0.1, 0.15) is 0 Å². The molecule has 22 heavy (non-hydrogen) atoms. The number of alkyl halides is 1. The molecule has 2 atom stereocenters. The number of aliphatic hydroxyl groups is 1. The van der Waals surface area contributed by atoms with Gasteiger partial charge >= 0.3 is 0 Å². The molecule has 1 N–H and O–H groups in total. The van der Waals surface area contributed by atoms with Gasteiger partial charge in [-0.1, -0.05) is 42.0 Å². The highest BCUT2D eigenvalue weighted by atomic mass is 32.2. The van der Waals surface area contributed by atoms with Crippen LogP contribution in [0.25, 0.3) is 0 Å². The van der Waals surface area contributed by atoms with Gasteiger partial charge in [0, 0.05) is 12.1 Å². The lowest BCUT2D eigenvalue weighted by molar-refractivity contribution is 0.0670. The summed E-state index contributed by atoms with van der Waals surface area (Å²) in [6.45, 7) is 1.55. The van der Waals surface area contributed by atoms with Crippen LogP contribution in [-0.4, -0.2) is 24.4 Å². The molecule has 1 heterocycles. The van der Waals surface area contributed by atoms with Crippen molar-refractivity contribution in [3.05, 3.63) is 65.2 Å². The fraction of sp³-hybridized carbons (Fsp3) is 0.250. The largest absolute Gasteiger partial charge is 0.387 e. The van der Waals surface area contributed by atoms with Crippen molar-refractivity contribution in [2.45, 2.75) is 24.2 Å². The summed E-state index contributed by atoms with van der Waals surface area (Å²) in [4.78, 5) is 0.0207. The van der Waals surface area contributed by atoms with Crippen LogP contribution in [-0.2, 0) is 10.0 Å². The summed E-state index contributed by atoms with van der Waals surface area (Å²) in [6, 6.07) is 12.7. The van der Waals surface area contributed by atoms with E-state index in [2.05, 4.69) is 0 Å². The molecule has 3 rings (SSSR count). The molecule has 0 aromatic heterocycles. The first-order valence-electron chi connectivity index (χ1n) is 6.91. The van der Waals surface area contributed by atoms with Crippen molar-refractivity contribution in [3.8, 4) is 0 Å². The van der Waals surface area contributed by atoms with Crippen molar-refractivity contribution < 1.29 is 17.9 Å². The summed E-state index contributed by atoms with van der Waals surface area (Å²) < 4.78 is 40.7. The minimum atomic E-state index is -4.01. The zero-order valence-corrected chi connectivity index (χ0v) is 12.8. The third-order valence-electron chi connectivity index (χ3n) is 3.84. The van der Waals surface area contributed by atoms with Crippen LogP contribution in [0, 0.1) is 6.92 Å². The van der Waals surface area contributed by atoms with Gasteiger partial charge in [-0.15, -0.1) is 0 Å². The molecule has 4 nitrogen and oxygen atoms in total. The van der Waals surface area contributed by atoms with Gasteiger partial charge in [0.25, 0.3) is 0 Å². The Morgan fingerprint density at radius 1 is 1.09 bits per heavy atom. The van der Waals surface area contributed by atoms with Crippen LogP contribution >= 0.6 is 0 Å². The Bertz CT molecular complexity index is 789. The second-order valence-electron chi connectivity index (χ2n) is 5.37. The highest BCUT2D eigenvalue weighted by Crippen LogP contribution is 2.38. The third kappa shape index (κ3) is 2.43. The molecule has 0 aliphatic carbocycles. The lowest BCUT2D eigenvalue weighted by atomic mass is 9.98. The Morgan fingerprint density at radius 2 is 1.68 bits per heavy atom. The topological polar surface area (TPSA) is 57.6 Å². The number of aliphatic hydroxyl groups excluding tert-OH is 1. The van der Waals surface area contributed by atoms with Crippen molar-refractivity contribution >= 4 is 10.0 Å². The van der Waals surface area contributed by atoms with Gasteiger partial charge in [-0.25, -0.2) is 12.8 Å². The van der Waals surface area contributed by atoms with Crippen LogP contribution in [0.4, 0.5) is 4.39 Å². The number of rotatable bonds is 2. The van der Waals surface area contributed by atoms with Crippen LogP contribution in [0.5, 0.6) is 0 Å². The molecule has 0 fully saturated rings. The van der Waals surface area contributed by atoms with Gasteiger partial charge < -0.3 is 5.11 Å². The lowest BCUT2D eigenvalue weighted by Gasteiger charge is -2.34. The van der Waals surface area contributed by atoms with Crippen LogP contribution < -0.4 is 0 Å². The van der Waals surface area contributed by atoms with E-state index in [1.165, 1.54) is 18.2 Å². The van der Waals surface area contributed by atoms with E-state index in [0.717, 1.165) is 5.56 Å². The number of β-amino-alcohol motifs (C(OH)–C–C–N with tert-alkyl or cyclic N) is 1. The number of hydrogen-bond donors (Lipinski definition) is 1. The molecule has 0 amide bonds. The standard InChI is InChI=1S/C16H16FNO3S/c1-11-6-8-12(9-7-11)22(20,21)18-10-15(19)13-4-2-3-5-14(13)16(18)17/h2-9,15-16,19H,10H2,1H3. The molecule has 2 aromatic carbocycles. The second-order valence-corrected chi connectivity index (χ2v) is 7.26. The summed E-state index contributed by atoms with van der Waals surface area (Å²) in [5.41, 5.74) is 1.54. The molecule has 6 heteroatoms. The fourth-order valence-corrected chi connectivity index (χ4v) is 4.06. The number of halogens is 1. The first-order chi connectivity index (χ1) is 10.4. The maximum Gasteiger partial charge on any atom is 0.245 e. The van der Waals surface area contributed by atoms with E-state index in [1.54, 1.807) is 30.3 Å². The second kappa shape index (κ2) is 5.46. The molecule has 0 spiro atoms. The molecule has 1 aliphatic rings. The number of sulfonamides is 1. The molecule has 0 saturated carbocycles. The lowest BCUT2D eigenvalue weighted by Crippen LogP contribution is -2.40. The number of fused-ring (bicyclic) bond motifs is 1. The van der Waals surface area contributed by atoms with E-state index in [1.807, 2.05) is 6.92 Å². The van der Waals surface area contributed by atoms with Crippen molar-refractivity contribution in [1.82, 2.24) is 4.31 Å². The zero-order valence-electron chi connectivity index (χ0n) is 12.0. The molecular formula is C16H16FNO3S. The predicted octanol–water partition coefficient (Wildman–Crippen LogP) is 2.70. The Labute approximate surface area is 128 Å². The van der Waals surface area contributed by atoms with Gasteiger partial charge in [-0.3, -0.25) is 0 Å². The molecule has 2 unspecified atom stereocenters. The van der Waals surface area contributed by atoms with Crippen molar-refractivity contribution in [2.75, 3.05) is 6.54 Å². The van der Waals surface area contributed by atoms with Gasteiger partial charge in [0.15, 0.2) is 6.30 Å². The van der Waals surface area contributed by atoms with Gasteiger partial charge in [0.05, 0.1) is 11.0 Å². The molecule has 116 valence electrons. The zero-order chi connectivity index (χ0) is 15.9. The van der Waals surface area contributed by atoms with Gasteiger partial charge in [0.2, 0.25) is 10.0 Å². The molecule has 2 aromatic rings. The summed E-state index contributed by atoms with van der Waals surface area (Å²) >= 11 is 0. The quantitative estimate of drug-likeness (QED) is 0.865. The maximum atomic E-state index is 14.7. The Morgan fingerprint density at radius 3 is 2.32 bits per heavy atom. The minimum absolute atomic E-state index is 0.0207. The minimum Gasteiger partial charge on any atom is -0.387 e. The Kier molecular flexibility index (Phi) is 3.76. The average molecular weight is 321 g/mol. The van der Waals surface area contributed by atoms with Gasteiger partial charge in [-0.05, 0) is 24.6 Å². The highest BCUT2D eigenvalue weighted by Gasteiger charge is 2.39. The van der Waals surface area contributed by atoms with Crippen LogP contribution in [0.1, 0.15) is 29.1 Å². The van der Waals surface area contributed by atoms with Gasteiger partial charge in [-0.2, -0.15) is 4.31 Å². The summed E-state index contributed by atoms with van der Waals surface area (Å²) in [7, 11) is -4.01. The van der Waals surface area contributed by atoms with E-state index >= 15 is 0 Å². The van der Waals surface area contributed by atoms with Crippen molar-refractivity contribution in [3.63, 3.8) is 0 Å². The molecular weight excluding hydrogens is 305 g/mol. The number of benzene rings is 2. The van der Waals surface area contributed by atoms with Crippen LogP contribution in [0.2, 0.25) is 0 Å². The maximum absolute atomic E-state index is 14.7. The molecule has 0 saturated heterocycles. The number of aryl methyl sites for hydroxylation is 1.